The highest BCUT2D eigenvalue weighted by atomic mass is 32.2. The van der Waals surface area contributed by atoms with E-state index in [1.165, 1.54) is 6.07 Å². The number of fused-ring (bicyclic) bond motifs is 1. The van der Waals surface area contributed by atoms with Crippen LogP contribution in [-0.2, 0) is 22.4 Å². The van der Waals surface area contributed by atoms with Crippen molar-refractivity contribution < 1.29 is 26.7 Å². The molecule has 18 heavy (non-hydrogen) atoms. The molecule has 1 N–H and O–H groups in total. The van der Waals surface area contributed by atoms with Crippen LogP contribution in [0.3, 0.4) is 0 Å². The zero-order valence-corrected chi connectivity index (χ0v) is 10.1. The second-order valence-corrected chi connectivity index (χ2v) is 6.40. The molecule has 0 bridgehead atoms. The van der Waals surface area contributed by atoms with Gasteiger partial charge in [0.1, 0.15) is 0 Å². The fraction of sp³-hybridized carbons (Fsp3) is 0.455. The summed E-state index contributed by atoms with van der Waals surface area (Å²) in [6.45, 7) is -0.302. The smallest absolute Gasteiger partial charge is 0.396 e. The topological polar surface area (TPSA) is 54.4 Å². The van der Waals surface area contributed by atoms with Crippen LogP contribution in [-0.4, -0.2) is 25.4 Å². The molecule has 1 atom stereocenters. The maximum atomic E-state index is 12.5. The molecular weight excluding hydrogens is 269 g/mol. The van der Waals surface area contributed by atoms with Gasteiger partial charge in [0, 0.05) is 6.61 Å². The van der Waals surface area contributed by atoms with E-state index in [9.17, 15) is 21.6 Å². The molecule has 0 spiro atoms. The number of aliphatic hydroxyl groups is 1. The molecular formula is C11H11F3O3S. The van der Waals surface area contributed by atoms with Crippen molar-refractivity contribution in [2.24, 2.45) is 0 Å². The molecule has 1 aliphatic heterocycles. The largest absolute Gasteiger partial charge is 0.416 e. The average molecular weight is 280 g/mol. The third-order valence-corrected chi connectivity index (χ3v) is 5.31. The molecule has 0 amide bonds. The second kappa shape index (κ2) is 4.24. The Balaban J connectivity index is 2.49. The minimum absolute atomic E-state index is 0.0400. The van der Waals surface area contributed by atoms with Gasteiger partial charge in [0.05, 0.1) is 15.7 Å². The van der Waals surface area contributed by atoms with E-state index < -0.39 is 26.8 Å². The summed E-state index contributed by atoms with van der Waals surface area (Å²) in [6, 6.07) is 2.77. The van der Waals surface area contributed by atoms with Gasteiger partial charge in [-0.3, -0.25) is 0 Å². The zero-order valence-electron chi connectivity index (χ0n) is 9.24. The van der Waals surface area contributed by atoms with E-state index in [1.54, 1.807) is 0 Å². The summed E-state index contributed by atoms with van der Waals surface area (Å²) in [5.74, 6) is 0. The van der Waals surface area contributed by atoms with Gasteiger partial charge in [-0.2, -0.15) is 13.2 Å². The molecule has 1 unspecified atom stereocenters. The van der Waals surface area contributed by atoms with E-state index >= 15 is 0 Å². The second-order valence-electron chi connectivity index (χ2n) is 4.20. The number of hydrogen-bond donors (Lipinski definition) is 1. The van der Waals surface area contributed by atoms with Gasteiger partial charge >= 0.3 is 6.18 Å². The Hall–Kier alpha value is -1.08. The highest BCUT2D eigenvalue weighted by Crippen LogP contribution is 2.37. The predicted molar refractivity (Wildman–Crippen MR) is 57.8 cm³/mol. The standard InChI is InChI=1S/C11H11F3O3S/c12-11(13,14)8-2-1-7-5-9(3-4-15)18(16,17)10(7)6-8/h1-2,6,9,15H,3-5H2. The van der Waals surface area contributed by atoms with Gasteiger partial charge in [-0.25, -0.2) is 8.42 Å². The van der Waals surface area contributed by atoms with Crippen LogP contribution in [0.5, 0.6) is 0 Å². The highest BCUT2D eigenvalue weighted by Gasteiger charge is 2.39. The fourth-order valence-corrected chi connectivity index (χ4v) is 4.08. The van der Waals surface area contributed by atoms with E-state index in [0.717, 1.165) is 6.07 Å². The molecule has 1 heterocycles. The summed E-state index contributed by atoms with van der Waals surface area (Å²) in [5.41, 5.74) is -0.573. The molecule has 0 saturated heterocycles. The van der Waals surface area contributed by atoms with Crippen molar-refractivity contribution in [2.45, 2.75) is 29.2 Å². The van der Waals surface area contributed by atoms with Crippen molar-refractivity contribution >= 4 is 9.84 Å². The van der Waals surface area contributed by atoms with Crippen LogP contribution in [0, 0.1) is 0 Å². The molecule has 100 valence electrons. The Kier molecular flexibility index (Phi) is 3.14. The van der Waals surface area contributed by atoms with Gasteiger partial charge in [0.15, 0.2) is 9.84 Å². The van der Waals surface area contributed by atoms with Crippen molar-refractivity contribution in [2.75, 3.05) is 6.61 Å². The number of rotatable bonds is 2. The summed E-state index contributed by atoms with van der Waals surface area (Å²) in [5, 5.41) is 7.96. The number of hydrogen-bond acceptors (Lipinski definition) is 3. The molecule has 0 fully saturated rings. The molecule has 1 aromatic rings. The maximum absolute atomic E-state index is 12.5. The van der Waals surface area contributed by atoms with Crippen molar-refractivity contribution in [1.29, 1.82) is 0 Å². The zero-order chi connectivity index (χ0) is 13.6. The number of sulfone groups is 1. The molecule has 0 aliphatic carbocycles. The molecule has 2 rings (SSSR count). The first-order valence-corrected chi connectivity index (χ1v) is 6.86. The Bertz CT molecular complexity index is 563. The normalized spacial score (nSPS) is 21.9. The van der Waals surface area contributed by atoms with Crippen molar-refractivity contribution in [3.63, 3.8) is 0 Å². The van der Waals surface area contributed by atoms with E-state index in [4.69, 9.17) is 5.11 Å². The molecule has 0 radical (unpaired) electrons. The molecule has 1 aliphatic rings. The molecule has 0 saturated carbocycles. The first-order valence-electron chi connectivity index (χ1n) is 5.31. The lowest BCUT2D eigenvalue weighted by Gasteiger charge is -2.08. The first kappa shape index (κ1) is 13.4. The maximum Gasteiger partial charge on any atom is 0.416 e. The van der Waals surface area contributed by atoms with E-state index in [1.807, 2.05) is 0 Å². The van der Waals surface area contributed by atoms with Gasteiger partial charge in [-0.05, 0) is 30.5 Å². The number of halogens is 3. The van der Waals surface area contributed by atoms with Gasteiger partial charge in [-0.15, -0.1) is 0 Å². The third kappa shape index (κ3) is 2.12. The Morgan fingerprint density at radius 1 is 1.33 bits per heavy atom. The van der Waals surface area contributed by atoms with Gasteiger partial charge in [0.25, 0.3) is 0 Å². The third-order valence-electron chi connectivity index (χ3n) is 3.04. The fourth-order valence-electron chi connectivity index (χ4n) is 2.10. The number of aliphatic hydroxyl groups excluding tert-OH is 1. The van der Waals surface area contributed by atoms with Crippen molar-refractivity contribution in [1.82, 2.24) is 0 Å². The minimum atomic E-state index is -4.56. The first-order chi connectivity index (χ1) is 8.26. The predicted octanol–water partition coefficient (Wildman–Crippen LogP) is 1.79. The monoisotopic (exact) mass is 280 g/mol. The summed E-state index contributed by atoms with van der Waals surface area (Å²) in [4.78, 5) is -0.254. The van der Waals surface area contributed by atoms with Crippen molar-refractivity contribution in [3.05, 3.63) is 29.3 Å². The van der Waals surface area contributed by atoms with E-state index in [0.29, 0.717) is 11.6 Å². The highest BCUT2D eigenvalue weighted by molar-refractivity contribution is 7.92. The quantitative estimate of drug-likeness (QED) is 0.898. The van der Waals surface area contributed by atoms with Crippen LogP contribution < -0.4 is 0 Å². The summed E-state index contributed by atoms with van der Waals surface area (Å²) < 4.78 is 61.5. The van der Waals surface area contributed by atoms with Gasteiger partial charge in [0.2, 0.25) is 0 Å². The van der Waals surface area contributed by atoms with Crippen molar-refractivity contribution in [3.8, 4) is 0 Å². The lowest BCUT2D eigenvalue weighted by molar-refractivity contribution is -0.137. The van der Waals surface area contributed by atoms with E-state index in [-0.39, 0.29) is 24.3 Å². The molecule has 0 aromatic heterocycles. The van der Waals surface area contributed by atoms with Crippen LogP contribution in [0.25, 0.3) is 0 Å². The van der Waals surface area contributed by atoms with Crippen LogP contribution >= 0.6 is 0 Å². The minimum Gasteiger partial charge on any atom is -0.396 e. The van der Waals surface area contributed by atoms with Gasteiger partial charge in [-0.1, -0.05) is 6.07 Å². The summed E-state index contributed by atoms with van der Waals surface area (Å²) in [6.07, 6.45) is -4.35. The molecule has 3 nitrogen and oxygen atoms in total. The Labute approximate surface area is 102 Å². The number of benzene rings is 1. The lowest BCUT2D eigenvalue weighted by Crippen LogP contribution is -2.18. The average Bonchev–Trinajstić information content (AvgIpc) is 2.50. The van der Waals surface area contributed by atoms with Crippen LogP contribution in [0.2, 0.25) is 0 Å². The Morgan fingerprint density at radius 3 is 2.56 bits per heavy atom. The Morgan fingerprint density at radius 2 is 2.00 bits per heavy atom. The van der Waals surface area contributed by atoms with Crippen LogP contribution in [0.15, 0.2) is 23.1 Å². The number of alkyl halides is 3. The van der Waals surface area contributed by atoms with Crippen LogP contribution in [0.4, 0.5) is 13.2 Å². The molecule has 1 aromatic carbocycles. The van der Waals surface area contributed by atoms with E-state index in [2.05, 4.69) is 0 Å². The SMILES string of the molecule is O=S1(=O)c2cc(C(F)(F)F)ccc2CC1CCO. The lowest BCUT2D eigenvalue weighted by atomic mass is 10.1. The van der Waals surface area contributed by atoms with Crippen LogP contribution in [0.1, 0.15) is 17.5 Å². The molecule has 7 heteroatoms. The summed E-state index contributed by atoms with van der Waals surface area (Å²) in [7, 11) is -3.75. The van der Waals surface area contributed by atoms with Gasteiger partial charge < -0.3 is 5.11 Å². The summed E-state index contributed by atoms with van der Waals surface area (Å²) >= 11 is 0.